The van der Waals surface area contributed by atoms with Crippen molar-refractivity contribution >= 4 is 17.7 Å². The van der Waals surface area contributed by atoms with Crippen LogP contribution in [0, 0.1) is 0 Å². The highest BCUT2D eigenvalue weighted by atomic mass is 32.2. The predicted molar refractivity (Wildman–Crippen MR) is 67.3 cm³/mol. The Morgan fingerprint density at radius 1 is 1.62 bits per heavy atom. The summed E-state index contributed by atoms with van der Waals surface area (Å²) in [6.07, 6.45) is 3.62. The first-order valence-electron chi connectivity index (χ1n) is 4.84. The van der Waals surface area contributed by atoms with Crippen LogP contribution in [-0.2, 0) is 0 Å². The highest BCUT2D eigenvalue weighted by molar-refractivity contribution is 7.98. The van der Waals surface area contributed by atoms with Gasteiger partial charge in [0.25, 0.3) is 5.91 Å². The van der Waals surface area contributed by atoms with Crippen LogP contribution in [0.4, 0.5) is 0 Å². The average Bonchev–Trinajstić information content (AvgIpc) is 2.34. The van der Waals surface area contributed by atoms with E-state index in [1.807, 2.05) is 18.4 Å². The minimum absolute atomic E-state index is 0.149. The molecule has 1 amide bonds. The minimum Gasteiger partial charge on any atom is -0.496 e. The topological polar surface area (TPSA) is 38.3 Å². The number of amides is 1. The maximum absolute atomic E-state index is 11.7. The molecule has 0 spiro atoms. The number of hydrogen-bond donors (Lipinski definition) is 1. The summed E-state index contributed by atoms with van der Waals surface area (Å²) in [5, 5.41) is 2.72. The van der Waals surface area contributed by atoms with Crippen molar-refractivity contribution in [2.24, 2.45) is 0 Å². The fraction of sp³-hybridized carbons (Fsp3) is 0.250. The molecular formula is C12H15NO2S. The van der Waals surface area contributed by atoms with Crippen molar-refractivity contribution in [3.05, 3.63) is 36.4 Å². The van der Waals surface area contributed by atoms with Crippen LogP contribution in [0.5, 0.6) is 5.75 Å². The number of nitrogens with one attached hydrogen (secondary N) is 1. The van der Waals surface area contributed by atoms with E-state index in [2.05, 4.69) is 11.9 Å². The van der Waals surface area contributed by atoms with Gasteiger partial charge in [-0.3, -0.25) is 4.79 Å². The van der Waals surface area contributed by atoms with E-state index < -0.39 is 0 Å². The first-order chi connectivity index (χ1) is 7.72. The lowest BCUT2D eigenvalue weighted by Crippen LogP contribution is -2.23. The van der Waals surface area contributed by atoms with E-state index in [0.29, 0.717) is 17.9 Å². The Hall–Kier alpha value is -1.42. The Morgan fingerprint density at radius 3 is 2.94 bits per heavy atom. The Kier molecular flexibility index (Phi) is 4.92. The van der Waals surface area contributed by atoms with Gasteiger partial charge < -0.3 is 10.1 Å². The van der Waals surface area contributed by atoms with E-state index >= 15 is 0 Å². The Labute approximate surface area is 99.9 Å². The number of ether oxygens (including phenoxy) is 1. The summed E-state index contributed by atoms with van der Waals surface area (Å²) in [5.41, 5.74) is 0.544. The molecule has 0 atom stereocenters. The van der Waals surface area contributed by atoms with Gasteiger partial charge in [0, 0.05) is 11.4 Å². The molecule has 0 aliphatic rings. The van der Waals surface area contributed by atoms with E-state index in [-0.39, 0.29) is 5.91 Å². The van der Waals surface area contributed by atoms with Gasteiger partial charge in [-0.15, -0.1) is 18.3 Å². The maximum atomic E-state index is 11.7. The molecule has 0 fully saturated rings. The van der Waals surface area contributed by atoms with Gasteiger partial charge in [0.1, 0.15) is 5.75 Å². The van der Waals surface area contributed by atoms with Crippen LogP contribution >= 0.6 is 11.8 Å². The van der Waals surface area contributed by atoms with Gasteiger partial charge in [-0.25, -0.2) is 0 Å². The lowest BCUT2D eigenvalue weighted by molar-refractivity contribution is 0.0955. The lowest BCUT2D eigenvalue weighted by atomic mass is 10.2. The fourth-order valence-electron chi connectivity index (χ4n) is 1.25. The molecule has 0 aromatic heterocycles. The molecule has 0 heterocycles. The molecule has 0 unspecified atom stereocenters. The summed E-state index contributed by atoms with van der Waals surface area (Å²) >= 11 is 1.61. The summed E-state index contributed by atoms with van der Waals surface area (Å²) in [7, 11) is 1.56. The molecule has 0 radical (unpaired) electrons. The molecule has 0 saturated heterocycles. The Morgan fingerprint density at radius 2 is 2.38 bits per heavy atom. The van der Waals surface area contributed by atoms with Gasteiger partial charge in [0.15, 0.2) is 0 Å². The SMILES string of the molecule is C=CCNC(=O)c1ccc(SC)cc1OC. The van der Waals surface area contributed by atoms with Crippen LogP contribution in [0.2, 0.25) is 0 Å². The third kappa shape index (κ3) is 3.03. The lowest BCUT2D eigenvalue weighted by Gasteiger charge is -2.09. The third-order valence-electron chi connectivity index (χ3n) is 2.06. The summed E-state index contributed by atoms with van der Waals surface area (Å²) in [6, 6.07) is 5.52. The van der Waals surface area contributed by atoms with Crippen LogP contribution in [0.1, 0.15) is 10.4 Å². The summed E-state index contributed by atoms with van der Waals surface area (Å²) in [4.78, 5) is 12.8. The molecule has 0 bridgehead atoms. The highest BCUT2D eigenvalue weighted by Gasteiger charge is 2.11. The van der Waals surface area contributed by atoms with Gasteiger partial charge >= 0.3 is 0 Å². The largest absolute Gasteiger partial charge is 0.496 e. The van der Waals surface area contributed by atoms with Crippen LogP contribution in [0.15, 0.2) is 35.7 Å². The Bertz CT molecular complexity index is 391. The van der Waals surface area contributed by atoms with Gasteiger partial charge in [0.2, 0.25) is 0 Å². The second-order valence-electron chi connectivity index (χ2n) is 3.06. The minimum atomic E-state index is -0.149. The second kappa shape index (κ2) is 6.23. The van der Waals surface area contributed by atoms with Crippen molar-refractivity contribution in [3.63, 3.8) is 0 Å². The highest BCUT2D eigenvalue weighted by Crippen LogP contribution is 2.25. The van der Waals surface area contributed by atoms with Crippen molar-refractivity contribution in [2.45, 2.75) is 4.90 Å². The molecule has 86 valence electrons. The van der Waals surface area contributed by atoms with Crippen molar-refractivity contribution in [2.75, 3.05) is 19.9 Å². The van der Waals surface area contributed by atoms with Gasteiger partial charge in [-0.2, -0.15) is 0 Å². The maximum Gasteiger partial charge on any atom is 0.255 e. The zero-order valence-corrected chi connectivity index (χ0v) is 10.3. The van der Waals surface area contributed by atoms with Crippen molar-refractivity contribution in [1.29, 1.82) is 0 Å². The molecular weight excluding hydrogens is 222 g/mol. The molecule has 1 aromatic carbocycles. The van der Waals surface area contributed by atoms with Gasteiger partial charge in [0.05, 0.1) is 12.7 Å². The van der Waals surface area contributed by atoms with E-state index in [1.54, 1.807) is 31.0 Å². The average molecular weight is 237 g/mol. The van der Waals surface area contributed by atoms with E-state index in [4.69, 9.17) is 4.74 Å². The number of hydrogen-bond acceptors (Lipinski definition) is 3. The van der Waals surface area contributed by atoms with Crippen LogP contribution in [-0.4, -0.2) is 25.8 Å². The molecule has 3 nitrogen and oxygen atoms in total. The molecule has 0 aliphatic heterocycles. The molecule has 0 aliphatic carbocycles. The molecule has 0 saturated carbocycles. The van der Waals surface area contributed by atoms with Crippen LogP contribution < -0.4 is 10.1 Å². The first-order valence-corrected chi connectivity index (χ1v) is 6.06. The fourth-order valence-corrected chi connectivity index (χ4v) is 1.68. The zero-order chi connectivity index (χ0) is 12.0. The van der Waals surface area contributed by atoms with E-state index in [0.717, 1.165) is 4.90 Å². The van der Waals surface area contributed by atoms with Crippen molar-refractivity contribution in [3.8, 4) is 5.75 Å². The number of methoxy groups -OCH3 is 1. The zero-order valence-electron chi connectivity index (χ0n) is 9.45. The summed E-state index contributed by atoms with van der Waals surface area (Å²) < 4.78 is 5.19. The number of thioether (sulfide) groups is 1. The molecule has 16 heavy (non-hydrogen) atoms. The number of benzene rings is 1. The predicted octanol–water partition coefficient (Wildman–Crippen LogP) is 2.33. The number of carbonyl (C=O) groups is 1. The molecule has 4 heteroatoms. The normalized spacial score (nSPS) is 9.62. The van der Waals surface area contributed by atoms with Crippen molar-refractivity contribution < 1.29 is 9.53 Å². The van der Waals surface area contributed by atoms with Gasteiger partial charge in [-0.05, 0) is 24.5 Å². The monoisotopic (exact) mass is 237 g/mol. The Balaban J connectivity index is 2.94. The quantitative estimate of drug-likeness (QED) is 0.631. The standard InChI is InChI=1S/C12H15NO2S/c1-4-7-13-12(14)10-6-5-9(16-3)8-11(10)15-2/h4-6,8H,1,7H2,2-3H3,(H,13,14). The van der Waals surface area contributed by atoms with Crippen molar-refractivity contribution in [1.82, 2.24) is 5.32 Å². The smallest absolute Gasteiger partial charge is 0.255 e. The first kappa shape index (κ1) is 12.6. The van der Waals surface area contributed by atoms with Gasteiger partial charge in [-0.1, -0.05) is 6.08 Å². The number of rotatable bonds is 5. The molecule has 1 N–H and O–H groups in total. The second-order valence-corrected chi connectivity index (χ2v) is 3.94. The van der Waals surface area contributed by atoms with Crippen LogP contribution in [0.3, 0.4) is 0 Å². The van der Waals surface area contributed by atoms with Crippen LogP contribution in [0.25, 0.3) is 0 Å². The third-order valence-corrected chi connectivity index (χ3v) is 2.79. The molecule has 1 aromatic rings. The number of carbonyl (C=O) groups excluding carboxylic acids is 1. The summed E-state index contributed by atoms with van der Waals surface area (Å²) in [6.45, 7) is 4.00. The van der Waals surface area contributed by atoms with E-state index in [1.165, 1.54) is 0 Å². The van der Waals surface area contributed by atoms with E-state index in [9.17, 15) is 4.79 Å². The molecule has 1 rings (SSSR count). The summed E-state index contributed by atoms with van der Waals surface area (Å²) in [5.74, 6) is 0.442.